The molecule has 0 N–H and O–H groups in total. The molecule has 1 saturated heterocycles. The zero-order valence-electron chi connectivity index (χ0n) is 15.6. The highest BCUT2D eigenvalue weighted by atomic mass is 32.2. The van der Waals surface area contributed by atoms with E-state index in [-0.39, 0.29) is 17.5 Å². The number of carbonyl (C=O) groups is 1. The van der Waals surface area contributed by atoms with E-state index in [0.29, 0.717) is 43.3 Å². The number of hydrogen-bond acceptors (Lipinski definition) is 6. The SMILES string of the molecule is COc1cc(C(=O)N2CCCN(S(=O)(=O)c3cn(C)c(C)n3)CC2)ccn1. The summed E-state index contributed by atoms with van der Waals surface area (Å²) in [4.78, 5) is 22.6. The number of amides is 1. The smallest absolute Gasteiger partial charge is 0.262 e. The van der Waals surface area contributed by atoms with Gasteiger partial charge in [-0.15, -0.1) is 0 Å². The van der Waals surface area contributed by atoms with Crippen molar-refractivity contribution in [1.82, 2.24) is 23.7 Å². The molecule has 0 saturated carbocycles. The summed E-state index contributed by atoms with van der Waals surface area (Å²) in [6, 6.07) is 3.21. The lowest BCUT2D eigenvalue weighted by Crippen LogP contribution is -2.37. The molecule has 2 aromatic rings. The van der Waals surface area contributed by atoms with Gasteiger partial charge in [0.15, 0.2) is 5.03 Å². The van der Waals surface area contributed by atoms with Crippen LogP contribution in [0.25, 0.3) is 0 Å². The molecule has 0 aliphatic carbocycles. The van der Waals surface area contributed by atoms with E-state index in [0.717, 1.165) is 0 Å². The van der Waals surface area contributed by atoms with Gasteiger partial charge in [-0.05, 0) is 19.4 Å². The number of carbonyl (C=O) groups excluding carboxylic acids is 1. The minimum Gasteiger partial charge on any atom is -0.481 e. The van der Waals surface area contributed by atoms with Gasteiger partial charge in [0, 0.05) is 57.3 Å². The van der Waals surface area contributed by atoms with Crippen LogP contribution < -0.4 is 4.74 Å². The number of pyridine rings is 1. The van der Waals surface area contributed by atoms with Crippen molar-refractivity contribution in [2.75, 3.05) is 33.3 Å². The van der Waals surface area contributed by atoms with E-state index in [1.165, 1.54) is 23.8 Å². The van der Waals surface area contributed by atoms with Crippen molar-refractivity contribution < 1.29 is 17.9 Å². The molecule has 27 heavy (non-hydrogen) atoms. The minimum atomic E-state index is -3.68. The summed E-state index contributed by atoms with van der Waals surface area (Å²) in [6.45, 7) is 3.13. The standard InChI is InChI=1S/C17H23N5O4S/c1-13-19-16(12-20(13)2)27(24,25)22-8-4-7-21(9-10-22)17(23)14-5-6-18-15(11-14)26-3/h5-6,11-12H,4,7-10H2,1-3H3. The molecule has 0 unspecified atom stereocenters. The Morgan fingerprint density at radius 1 is 1.22 bits per heavy atom. The summed E-state index contributed by atoms with van der Waals surface area (Å²) in [5.74, 6) is 0.834. The molecule has 146 valence electrons. The Labute approximate surface area is 158 Å². The van der Waals surface area contributed by atoms with Crippen LogP contribution in [0.3, 0.4) is 0 Å². The largest absolute Gasteiger partial charge is 0.481 e. The summed E-state index contributed by atoms with van der Waals surface area (Å²) in [5, 5.41) is 0.0427. The van der Waals surface area contributed by atoms with Crippen LogP contribution in [0.1, 0.15) is 22.6 Å². The van der Waals surface area contributed by atoms with Gasteiger partial charge in [-0.25, -0.2) is 18.4 Å². The number of hydrogen-bond donors (Lipinski definition) is 0. The van der Waals surface area contributed by atoms with Crippen molar-refractivity contribution in [2.24, 2.45) is 7.05 Å². The second-order valence-corrected chi connectivity index (χ2v) is 8.26. The van der Waals surface area contributed by atoms with Crippen LogP contribution in [0.2, 0.25) is 0 Å². The normalized spacial score (nSPS) is 16.2. The number of imidazole rings is 1. The molecule has 0 radical (unpaired) electrons. The Morgan fingerprint density at radius 2 is 2.00 bits per heavy atom. The van der Waals surface area contributed by atoms with Crippen LogP contribution in [0.4, 0.5) is 0 Å². The van der Waals surface area contributed by atoms with Crippen LogP contribution in [-0.4, -0.2) is 71.4 Å². The first kappa shape index (κ1) is 19.3. The first-order valence-electron chi connectivity index (χ1n) is 8.62. The van der Waals surface area contributed by atoms with Gasteiger partial charge in [-0.2, -0.15) is 4.31 Å². The van der Waals surface area contributed by atoms with E-state index in [1.54, 1.807) is 35.6 Å². The van der Waals surface area contributed by atoms with Crippen LogP contribution >= 0.6 is 0 Å². The Balaban J connectivity index is 1.74. The first-order valence-corrected chi connectivity index (χ1v) is 10.1. The maximum atomic E-state index is 12.9. The molecular weight excluding hydrogens is 370 g/mol. The molecule has 1 fully saturated rings. The molecule has 1 aliphatic heterocycles. The molecule has 0 aromatic carbocycles. The van der Waals surface area contributed by atoms with E-state index in [1.807, 2.05) is 0 Å². The third kappa shape index (κ3) is 3.96. The fraction of sp³-hybridized carbons (Fsp3) is 0.471. The number of methoxy groups -OCH3 is 1. The molecule has 9 nitrogen and oxygen atoms in total. The summed E-state index contributed by atoms with van der Waals surface area (Å²) in [7, 11) is -0.430. The van der Waals surface area contributed by atoms with Gasteiger partial charge in [-0.1, -0.05) is 0 Å². The van der Waals surface area contributed by atoms with E-state index in [9.17, 15) is 13.2 Å². The number of rotatable bonds is 4. The molecule has 1 amide bonds. The molecule has 0 spiro atoms. The summed E-state index contributed by atoms with van der Waals surface area (Å²) < 4.78 is 33.9. The average molecular weight is 393 g/mol. The maximum absolute atomic E-state index is 12.9. The molecule has 3 heterocycles. The van der Waals surface area contributed by atoms with Gasteiger partial charge in [0.25, 0.3) is 15.9 Å². The van der Waals surface area contributed by atoms with Crippen molar-refractivity contribution in [3.05, 3.63) is 35.9 Å². The highest BCUT2D eigenvalue weighted by Gasteiger charge is 2.30. The van der Waals surface area contributed by atoms with Crippen LogP contribution in [0, 0.1) is 6.92 Å². The second-order valence-electron chi connectivity index (χ2n) is 6.37. The second kappa shape index (κ2) is 7.65. The molecular formula is C17H23N5O4S. The summed E-state index contributed by atoms with van der Waals surface area (Å²) in [6.07, 6.45) is 3.59. The van der Waals surface area contributed by atoms with E-state index >= 15 is 0 Å². The third-order valence-corrected chi connectivity index (χ3v) is 6.39. The zero-order chi connectivity index (χ0) is 19.6. The molecule has 2 aromatic heterocycles. The fourth-order valence-corrected chi connectivity index (χ4v) is 4.45. The summed E-state index contributed by atoms with van der Waals surface area (Å²) >= 11 is 0. The third-order valence-electron chi connectivity index (χ3n) is 4.62. The average Bonchev–Trinajstić information content (AvgIpc) is 2.88. The van der Waals surface area contributed by atoms with Crippen LogP contribution in [0.15, 0.2) is 29.6 Å². The minimum absolute atomic E-state index is 0.0427. The first-order chi connectivity index (χ1) is 12.8. The monoisotopic (exact) mass is 393 g/mol. The Morgan fingerprint density at radius 3 is 2.67 bits per heavy atom. The van der Waals surface area contributed by atoms with Crippen molar-refractivity contribution in [2.45, 2.75) is 18.4 Å². The number of ether oxygens (including phenoxy) is 1. The van der Waals surface area contributed by atoms with Gasteiger partial charge in [-0.3, -0.25) is 4.79 Å². The molecule has 3 rings (SSSR count). The quantitative estimate of drug-likeness (QED) is 0.757. The lowest BCUT2D eigenvalue weighted by Gasteiger charge is -2.21. The molecule has 10 heteroatoms. The van der Waals surface area contributed by atoms with Gasteiger partial charge < -0.3 is 14.2 Å². The van der Waals surface area contributed by atoms with Crippen molar-refractivity contribution in [3.8, 4) is 5.88 Å². The topological polar surface area (TPSA) is 97.6 Å². The van der Waals surface area contributed by atoms with Crippen LogP contribution in [0.5, 0.6) is 5.88 Å². The molecule has 0 atom stereocenters. The van der Waals surface area contributed by atoms with Gasteiger partial charge in [0.05, 0.1) is 7.11 Å². The highest BCUT2D eigenvalue weighted by Crippen LogP contribution is 2.18. The molecule has 1 aliphatic rings. The maximum Gasteiger partial charge on any atom is 0.262 e. The number of nitrogens with zero attached hydrogens (tertiary/aromatic N) is 5. The Bertz CT molecular complexity index is 921. The predicted octanol–water partition coefficient (Wildman–Crippen LogP) is 0.669. The van der Waals surface area contributed by atoms with E-state index in [4.69, 9.17) is 4.74 Å². The van der Waals surface area contributed by atoms with Gasteiger partial charge in [0.2, 0.25) is 5.88 Å². The lowest BCUT2D eigenvalue weighted by molar-refractivity contribution is 0.0763. The van der Waals surface area contributed by atoms with Crippen molar-refractivity contribution in [3.63, 3.8) is 0 Å². The number of aromatic nitrogens is 3. The van der Waals surface area contributed by atoms with Gasteiger partial charge in [0.1, 0.15) is 5.82 Å². The summed E-state index contributed by atoms with van der Waals surface area (Å²) in [5.41, 5.74) is 0.471. The van der Waals surface area contributed by atoms with Crippen molar-refractivity contribution >= 4 is 15.9 Å². The lowest BCUT2D eigenvalue weighted by atomic mass is 10.2. The zero-order valence-corrected chi connectivity index (χ0v) is 16.4. The number of aryl methyl sites for hydroxylation is 2. The Hall–Kier alpha value is -2.46. The van der Waals surface area contributed by atoms with E-state index in [2.05, 4.69) is 9.97 Å². The Kier molecular flexibility index (Phi) is 5.47. The van der Waals surface area contributed by atoms with E-state index < -0.39 is 10.0 Å². The molecule has 0 bridgehead atoms. The van der Waals surface area contributed by atoms with Crippen LogP contribution in [-0.2, 0) is 17.1 Å². The predicted molar refractivity (Wildman–Crippen MR) is 98.0 cm³/mol. The fourth-order valence-electron chi connectivity index (χ4n) is 2.96. The van der Waals surface area contributed by atoms with Crippen molar-refractivity contribution in [1.29, 1.82) is 0 Å². The van der Waals surface area contributed by atoms with Gasteiger partial charge >= 0.3 is 0 Å². The number of sulfonamides is 1. The highest BCUT2D eigenvalue weighted by molar-refractivity contribution is 7.89.